The minimum Gasteiger partial charge on any atom is -0.374 e. The summed E-state index contributed by atoms with van der Waals surface area (Å²) in [5, 5.41) is 0. The van der Waals surface area contributed by atoms with Gasteiger partial charge in [0.05, 0.1) is 5.60 Å². The molecule has 21 heavy (non-hydrogen) atoms. The van der Waals surface area contributed by atoms with E-state index in [1.54, 1.807) is 6.07 Å². The lowest BCUT2D eigenvalue weighted by Gasteiger charge is -2.46. The lowest BCUT2D eigenvalue weighted by molar-refractivity contribution is -0.0940. The van der Waals surface area contributed by atoms with E-state index in [2.05, 4.69) is 6.92 Å². The summed E-state index contributed by atoms with van der Waals surface area (Å²) < 4.78 is 20.4. The monoisotopic (exact) mass is 309 g/mol. The molecule has 1 spiro atoms. The Labute approximate surface area is 130 Å². The molecule has 3 unspecified atom stereocenters. The second-order valence-corrected chi connectivity index (χ2v) is 7.50. The van der Waals surface area contributed by atoms with Gasteiger partial charge in [0.1, 0.15) is 5.82 Å². The number of thioether (sulfide) groups is 1. The van der Waals surface area contributed by atoms with Gasteiger partial charge >= 0.3 is 0 Å². The smallest absolute Gasteiger partial charge is 0.128 e. The van der Waals surface area contributed by atoms with Crippen molar-refractivity contribution in [3.63, 3.8) is 0 Å². The van der Waals surface area contributed by atoms with Crippen molar-refractivity contribution < 1.29 is 9.13 Å². The van der Waals surface area contributed by atoms with Gasteiger partial charge in [0, 0.05) is 23.5 Å². The van der Waals surface area contributed by atoms with Gasteiger partial charge in [0.25, 0.3) is 0 Å². The van der Waals surface area contributed by atoms with Crippen LogP contribution in [0.2, 0.25) is 0 Å². The Morgan fingerprint density at radius 3 is 2.95 bits per heavy atom. The van der Waals surface area contributed by atoms with Crippen molar-refractivity contribution in [2.24, 2.45) is 11.7 Å². The van der Waals surface area contributed by atoms with Gasteiger partial charge in [-0.1, -0.05) is 25.1 Å². The normalized spacial score (nSPS) is 32.2. The third-order valence-electron chi connectivity index (χ3n) is 5.25. The SMILES string of the molecule is CCC(N)(c1ccccc1F)C1CCOC2(CCSC2)C1. The highest BCUT2D eigenvalue weighted by molar-refractivity contribution is 7.99. The average Bonchev–Trinajstić information content (AvgIpc) is 2.95. The predicted molar refractivity (Wildman–Crippen MR) is 85.9 cm³/mol. The maximum absolute atomic E-state index is 14.3. The summed E-state index contributed by atoms with van der Waals surface area (Å²) in [7, 11) is 0. The summed E-state index contributed by atoms with van der Waals surface area (Å²) >= 11 is 1.96. The Morgan fingerprint density at radius 2 is 2.29 bits per heavy atom. The van der Waals surface area contributed by atoms with E-state index in [1.165, 1.54) is 6.07 Å². The first-order valence-electron chi connectivity index (χ1n) is 7.85. The van der Waals surface area contributed by atoms with E-state index in [-0.39, 0.29) is 17.3 Å². The van der Waals surface area contributed by atoms with Crippen LogP contribution in [0, 0.1) is 11.7 Å². The highest BCUT2D eigenvalue weighted by Crippen LogP contribution is 2.46. The maximum Gasteiger partial charge on any atom is 0.128 e. The first-order valence-corrected chi connectivity index (χ1v) is 9.01. The van der Waals surface area contributed by atoms with Crippen molar-refractivity contribution in [2.75, 3.05) is 18.1 Å². The van der Waals surface area contributed by atoms with Crippen LogP contribution in [0.1, 0.15) is 38.2 Å². The third-order valence-corrected chi connectivity index (χ3v) is 6.47. The molecule has 0 aliphatic carbocycles. The second-order valence-electron chi connectivity index (χ2n) is 6.40. The van der Waals surface area contributed by atoms with Gasteiger partial charge < -0.3 is 10.5 Å². The van der Waals surface area contributed by atoms with Crippen molar-refractivity contribution >= 4 is 11.8 Å². The number of rotatable bonds is 3. The van der Waals surface area contributed by atoms with Crippen LogP contribution in [0.4, 0.5) is 4.39 Å². The van der Waals surface area contributed by atoms with Gasteiger partial charge in [-0.3, -0.25) is 0 Å². The standard InChI is InChI=1S/C17H24FNOS/c1-2-17(19,14-5-3-4-6-15(14)18)13-7-9-20-16(11-13)8-10-21-12-16/h3-6,13H,2,7-12,19H2,1H3. The van der Waals surface area contributed by atoms with Gasteiger partial charge in [0.2, 0.25) is 0 Å². The van der Waals surface area contributed by atoms with E-state index in [0.29, 0.717) is 5.56 Å². The molecule has 4 heteroatoms. The van der Waals surface area contributed by atoms with Crippen LogP contribution in [0.3, 0.4) is 0 Å². The highest BCUT2D eigenvalue weighted by atomic mass is 32.2. The van der Waals surface area contributed by atoms with Crippen molar-refractivity contribution in [3.05, 3.63) is 35.6 Å². The largest absolute Gasteiger partial charge is 0.374 e. The Balaban J connectivity index is 1.90. The van der Waals surface area contributed by atoms with Crippen LogP contribution in [-0.4, -0.2) is 23.7 Å². The molecule has 2 saturated heterocycles. The molecule has 2 fully saturated rings. The van der Waals surface area contributed by atoms with E-state index in [0.717, 1.165) is 43.8 Å². The quantitative estimate of drug-likeness (QED) is 0.925. The van der Waals surface area contributed by atoms with Crippen LogP contribution < -0.4 is 5.73 Å². The van der Waals surface area contributed by atoms with E-state index in [9.17, 15) is 4.39 Å². The van der Waals surface area contributed by atoms with Gasteiger partial charge in [-0.15, -0.1) is 0 Å². The van der Waals surface area contributed by atoms with Gasteiger partial charge in [-0.2, -0.15) is 11.8 Å². The Hall–Kier alpha value is -0.580. The number of hydrogen-bond donors (Lipinski definition) is 1. The fourth-order valence-corrected chi connectivity index (χ4v) is 5.25. The molecule has 1 aromatic rings. The minimum atomic E-state index is -0.588. The van der Waals surface area contributed by atoms with E-state index in [1.807, 2.05) is 23.9 Å². The molecular weight excluding hydrogens is 285 g/mol. The van der Waals surface area contributed by atoms with Crippen LogP contribution in [-0.2, 0) is 10.3 Å². The minimum absolute atomic E-state index is 0.0152. The number of ether oxygens (including phenoxy) is 1. The van der Waals surface area contributed by atoms with Gasteiger partial charge in [0.15, 0.2) is 0 Å². The molecule has 0 aromatic heterocycles. The lowest BCUT2D eigenvalue weighted by Crippen LogP contribution is -2.51. The molecule has 0 amide bonds. The number of benzene rings is 1. The summed E-state index contributed by atoms with van der Waals surface area (Å²) in [4.78, 5) is 0. The zero-order valence-corrected chi connectivity index (χ0v) is 13.4. The molecule has 116 valence electrons. The molecule has 0 bridgehead atoms. The summed E-state index contributed by atoms with van der Waals surface area (Å²) in [6.07, 6.45) is 3.73. The van der Waals surface area contributed by atoms with Crippen molar-refractivity contribution in [1.82, 2.24) is 0 Å². The fraction of sp³-hybridized carbons (Fsp3) is 0.647. The van der Waals surface area contributed by atoms with E-state index >= 15 is 0 Å². The van der Waals surface area contributed by atoms with Crippen molar-refractivity contribution in [2.45, 2.75) is 43.7 Å². The predicted octanol–water partition coefficient (Wildman–Crippen LogP) is 3.69. The first-order chi connectivity index (χ1) is 10.1. The summed E-state index contributed by atoms with van der Waals surface area (Å²) in [6.45, 7) is 2.82. The lowest BCUT2D eigenvalue weighted by atomic mass is 9.69. The van der Waals surface area contributed by atoms with E-state index in [4.69, 9.17) is 10.5 Å². The Kier molecular flexibility index (Phi) is 4.30. The fourth-order valence-electron chi connectivity index (χ4n) is 3.87. The molecule has 3 atom stereocenters. The van der Waals surface area contributed by atoms with Gasteiger partial charge in [-0.05, 0) is 43.4 Å². The maximum atomic E-state index is 14.3. The average molecular weight is 309 g/mol. The molecule has 2 aliphatic rings. The van der Waals surface area contributed by atoms with Crippen LogP contribution in [0.5, 0.6) is 0 Å². The second kappa shape index (κ2) is 5.90. The molecule has 0 saturated carbocycles. The highest BCUT2D eigenvalue weighted by Gasteiger charge is 2.47. The molecule has 2 nitrogen and oxygen atoms in total. The van der Waals surface area contributed by atoms with Crippen molar-refractivity contribution in [3.8, 4) is 0 Å². The Bertz CT molecular complexity index is 503. The summed E-state index contributed by atoms with van der Waals surface area (Å²) in [5.41, 5.74) is 6.81. The molecule has 3 rings (SSSR count). The zero-order chi connectivity index (χ0) is 14.9. The van der Waals surface area contributed by atoms with E-state index < -0.39 is 5.54 Å². The first kappa shape index (κ1) is 15.3. The zero-order valence-electron chi connectivity index (χ0n) is 12.6. The number of halogens is 1. The summed E-state index contributed by atoms with van der Waals surface area (Å²) in [5.74, 6) is 2.33. The van der Waals surface area contributed by atoms with Crippen molar-refractivity contribution in [1.29, 1.82) is 0 Å². The molecular formula is C17H24FNOS. The molecule has 2 aliphatic heterocycles. The van der Waals surface area contributed by atoms with Crippen LogP contribution >= 0.6 is 11.8 Å². The Morgan fingerprint density at radius 1 is 1.48 bits per heavy atom. The number of nitrogens with two attached hydrogens (primary N) is 1. The van der Waals surface area contributed by atoms with Crippen LogP contribution in [0.15, 0.2) is 24.3 Å². The molecule has 0 radical (unpaired) electrons. The molecule has 2 N–H and O–H groups in total. The third kappa shape index (κ3) is 2.73. The molecule has 1 aromatic carbocycles. The molecule has 2 heterocycles. The van der Waals surface area contributed by atoms with Gasteiger partial charge in [-0.25, -0.2) is 4.39 Å². The number of hydrogen-bond acceptors (Lipinski definition) is 3. The topological polar surface area (TPSA) is 35.2 Å². The summed E-state index contributed by atoms with van der Waals surface area (Å²) in [6, 6.07) is 6.99. The van der Waals surface area contributed by atoms with Crippen LogP contribution in [0.25, 0.3) is 0 Å².